The average molecular weight is 279 g/mol. The average Bonchev–Trinajstić information content (AvgIpc) is 2.91. The van der Waals surface area contributed by atoms with Crippen molar-refractivity contribution < 1.29 is 14.7 Å². The fourth-order valence-corrected chi connectivity index (χ4v) is 2.75. The minimum absolute atomic E-state index is 0.0221. The summed E-state index contributed by atoms with van der Waals surface area (Å²) >= 11 is 0. The first-order valence-corrected chi connectivity index (χ1v) is 6.89. The standard InChI is InChI=1S/C14H21N3O3/c1-7(2)12-11(9(4)15-16-12)13(18)17-5-8(3)10(6-17)14(19)20/h7-8,10H,5-6H2,1-4H3,(H,15,16)(H,19,20)/t8-,10-/m1/s1. The molecule has 0 unspecified atom stereocenters. The molecule has 1 saturated heterocycles. The molecule has 6 nitrogen and oxygen atoms in total. The summed E-state index contributed by atoms with van der Waals surface area (Å²) < 4.78 is 0. The number of amides is 1. The van der Waals surface area contributed by atoms with E-state index >= 15 is 0 Å². The zero-order valence-corrected chi connectivity index (χ0v) is 12.3. The van der Waals surface area contributed by atoms with Gasteiger partial charge in [0.05, 0.1) is 17.2 Å². The number of carboxylic acid groups (broad SMARTS) is 1. The van der Waals surface area contributed by atoms with E-state index in [4.69, 9.17) is 5.11 Å². The van der Waals surface area contributed by atoms with Gasteiger partial charge in [0, 0.05) is 18.8 Å². The largest absolute Gasteiger partial charge is 0.481 e. The van der Waals surface area contributed by atoms with Gasteiger partial charge in [0.15, 0.2) is 0 Å². The third kappa shape index (κ3) is 2.42. The molecular weight excluding hydrogens is 258 g/mol. The number of nitrogens with zero attached hydrogens (tertiary/aromatic N) is 2. The summed E-state index contributed by atoms with van der Waals surface area (Å²) in [6, 6.07) is 0. The number of hydrogen-bond donors (Lipinski definition) is 2. The Morgan fingerprint density at radius 2 is 2.05 bits per heavy atom. The molecule has 1 fully saturated rings. The first-order chi connectivity index (χ1) is 9.32. The van der Waals surface area contributed by atoms with Gasteiger partial charge in [-0.15, -0.1) is 0 Å². The number of hydrogen-bond acceptors (Lipinski definition) is 3. The molecule has 2 N–H and O–H groups in total. The summed E-state index contributed by atoms with van der Waals surface area (Å²) in [6.07, 6.45) is 0. The number of aromatic nitrogens is 2. The Kier molecular flexibility index (Phi) is 3.83. The third-order valence-corrected chi connectivity index (χ3v) is 3.95. The molecule has 1 aliphatic rings. The molecule has 20 heavy (non-hydrogen) atoms. The Balaban J connectivity index is 2.25. The lowest BCUT2D eigenvalue weighted by atomic mass is 9.99. The van der Waals surface area contributed by atoms with Crippen LogP contribution < -0.4 is 0 Å². The second-order valence-electron chi connectivity index (χ2n) is 5.90. The molecule has 2 atom stereocenters. The van der Waals surface area contributed by atoms with E-state index in [-0.39, 0.29) is 24.3 Å². The second kappa shape index (κ2) is 5.26. The molecular formula is C14H21N3O3. The van der Waals surface area contributed by atoms with Crippen LogP contribution in [0.15, 0.2) is 0 Å². The van der Waals surface area contributed by atoms with Gasteiger partial charge in [-0.05, 0) is 18.8 Å². The molecule has 2 heterocycles. The zero-order valence-electron chi connectivity index (χ0n) is 12.3. The molecule has 110 valence electrons. The monoisotopic (exact) mass is 279 g/mol. The number of nitrogens with one attached hydrogen (secondary N) is 1. The number of carbonyl (C=O) groups is 2. The summed E-state index contributed by atoms with van der Waals surface area (Å²) in [5.74, 6) is -1.30. The van der Waals surface area contributed by atoms with Crippen LogP contribution in [0.25, 0.3) is 0 Å². The highest BCUT2D eigenvalue weighted by Crippen LogP contribution is 2.27. The summed E-state index contributed by atoms with van der Waals surface area (Å²) in [7, 11) is 0. The lowest BCUT2D eigenvalue weighted by Crippen LogP contribution is -2.31. The summed E-state index contributed by atoms with van der Waals surface area (Å²) in [5, 5.41) is 16.2. The maximum Gasteiger partial charge on any atom is 0.308 e. The van der Waals surface area contributed by atoms with Crippen LogP contribution in [0.1, 0.15) is 48.4 Å². The van der Waals surface area contributed by atoms with E-state index in [1.165, 1.54) is 0 Å². The molecule has 0 aromatic carbocycles. The van der Waals surface area contributed by atoms with Gasteiger partial charge in [-0.25, -0.2) is 0 Å². The van der Waals surface area contributed by atoms with Gasteiger partial charge in [0.1, 0.15) is 0 Å². The van der Waals surface area contributed by atoms with Crippen LogP contribution in [-0.4, -0.2) is 45.2 Å². The maximum atomic E-state index is 12.6. The van der Waals surface area contributed by atoms with E-state index in [0.717, 1.165) is 11.4 Å². The Bertz CT molecular complexity index is 536. The number of aliphatic carboxylic acids is 1. The number of carbonyl (C=O) groups excluding carboxylic acids is 1. The number of carboxylic acids is 1. The molecule has 1 amide bonds. The zero-order chi connectivity index (χ0) is 15.0. The highest BCUT2D eigenvalue weighted by molar-refractivity contribution is 5.97. The lowest BCUT2D eigenvalue weighted by Gasteiger charge is -2.17. The predicted octanol–water partition coefficient (Wildman–Crippen LogP) is 1.63. The van der Waals surface area contributed by atoms with E-state index in [0.29, 0.717) is 12.1 Å². The third-order valence-electron chi connectivity index (χ3n) is 3.95. The molecule has 1 aliphatic heterocycles. The van der Waals surface area contributed by atoms with Crippen molar-refractivity contribution in [3.05, 3.63) is 17.0 Å². The highest BCUT2D eigenvalue weighted by atomic mass is 16.4. The summed E-state index contributed by atoms with van der Waals surface area (Å²) in [6.45, 7) is 8.42. The molecule has 2 rings (SSSR count). The van der Waals surface area contributed by atoms with E-state index < -0.39 is 11.9 Å². The molecule has 0 spiro atoms. The van der Waals surface area contributed by atoms with Crippen LogP contribution in [0.2, 0.25) is 0 Å². The quantitative estimate of drug-likeness (QED) is 0.880. The van der Waals surface area contributed by atoms with Crippen molar-refractivity contribution in [2.24, 2.45) is 11.8 Å². The normalized spacial score (nSPS) is 22.6. The van der Waals surface area contributed by atoms with Gasteiger partial charge in [0.25, 0.3) is 5.91 Å². The summed E-state index contributed by atoms with van der Waals surface area (Å²) in [4.78, 5) is 25.4. The number of likely N-dealkylation sites (tertiary alicyclic amines) is 1. The SMILES string of the molecule is Cc1[nH]nc(C(C)C)c1C(=O)N1C[C@@H](C)[C@H](C(=O)O)C1. The Morgan fingerprint density at radius 3 is 2.55 bits per heavy atom. The van der Waals surface area contributed by atoms with Crippen molar-refractivity contribution in [1.29, 1.82) is 0 Å². The van der Waals surface area contributed by atoms with Crippen molar-refractivity contribution >= 4 is 11.9 Å². The van der Waals surface area contributed by atoms with Gasteiger partial charge in [-0.3, -0.25) is 14.7 Å². The van der Waals surface area contributed by atoms with Crippen LogP contribution >= 0.6 is 0 Å². The first kappa shape index (κ1) is 14.6. The fourth-order valence-electron chi connectivity index (χ4n) is 2.75. The molecule has 6 heteroatoms. The number of H-pyrrole nitrogens is 1. The highest BCUT2D eigenvalue weighted by Gasteiger charge is 2.38. The molecule has 1 aromatic rings. The fraction of sp³-hybridized carbons (Fsp3) is 0.643. The van der Waals surface area contributed by atoms with Gasteiger partial charge >= 0.3 is 5.97 Å². The van der Waals surface area contributed by atoms with Gasteiger partial charge in [-0.1, -0.05) is 20.8 Å². The smallest absolute Gasteiger partial charge is 0.308 e. The number of rotatable bonds is 3. The molecule has 1 aromatic heterocycles. The van der Waals surface area contributed by atoms with Crippen LogP contribution in [0.5, 0.6) is 0 Å². The molecule has 0 radical (unpaired) electrons. The van der Waals surface area contributed by atoms with Gasteiger partial charge in [0.2, 0.25) is 0 Å². The second-order valence-corrected chi connectivity index (χ2v) is 5.90. The van der Waals surface area contributed by atoms with E-state index in [2.05, 4.69) is 10.2 Å². The number of aromatic amines is 1. The van der Waals surface area contributed by atoms with E-state index in [1.807, 2.05) is 27.7 Å². The van der Waals surface area contributed by atoms with E-state index in [9.17, 15) is 9.59 Å². The van der Waals surface area contributed by atoms with Crippen molar-refractivity contribution in [2.45, 2.75) is 33.6 Å². The Hall–Kier alpha value is -1.85. The van der Waals surface area contributed by atoms with Crippen LogP contribution in [0.4, 0.5) is 0 Å². The summed E-state index contributed by atoms with van der Waals surface area (Å²) in [5.41, 5.74) is 2.09. The Morgan fingerprint density at radius 1 is 1.40 bits per heavy atom. The molecule has 0 bridgehead atoms. The topological polar surface area (TPSA) is 86.3 Å². The minimum Gasteiger partial charge on any atom is -0.481 e. The van der Waals surface area contributed by atoms with Crippen LogP contribution in [0.3, 0.4) is 0 Å². The predicted molar refractivity (Wildman–Crippen MR) is 73.6 cm³/mol. The minimum atomic E-state index is -0.833. The van der Waals surface area contributed by atoms with Crippen LogP contribution in [0, 0.1) is 18.8 Å². The Labute approximate surface area is 118 Å². The van der Waals surface area contributed by atoms with Crippen molar-refractivity contribution in [1.82, 2.24) is 15.1 Å². The first-order valence-electron chi connectivity index (χ1n) is 6.89. The van der Waals surface area contributed by atoms with Crippen molar-refractivity contribution in [2.75, 3.05) is 13.1 Å². The maximum absolute atomic E-state index is 12.6. The van der Waals surface area contributed by atoms with Crippen LogP contribution in [-0.2, 0) is 4.79 Å². The molecule has 0 aliphatic carbocycles. The van der Waals surface area contributed by atoms with Crippen molar-refractivity contribution in [3.8, 4) is 0 Å². The lowest BCUT2D eigenvalue weighted by molar-refractivity contribution is -0.142. The van der Waals surface area contributed by atoms with Gasteiger partial charge in [-0.2, -0.15) is 5.10 Å². The molecule has 0 saturated carbocycles. The van der Waals surface area contributed by atoms with Gasteiger partial charge < -0.3 is 10.0 Å². The number of aryl methyl sites for hydroxylation is 1. The van der Waals surface area contributed by atoms with Crippen molar-refractivity contribution in [3.63, 3.8) is 0 Å². The van der Waals surface area contributed by atoms with E-state index in [1.54, 1.807) is 4.90 Å².